The highest BCUT2D eigenvalue weighted by Crippen LogP contribution is 2.26. The number of rotatable bonds is 5. The Morgan fingerprint density at radius 3 is 2.70 bits per heavy atom. The molecule has 0 saturated carbocycles. The minimum Gasteiger partial charge on any atom is -0.506 e. The van der Waals surface area contributed by atoms with Gasteiger partial charge in [-0.2, -0.15) is 8.42 Å². The number of benzene rings is 1. The van der Waals surface area contributed by atoms with Gasteiger partial charge in [-0.05, 0) is 31.0 Å². The second-order valence-electron chi connectivity index (χ2n) is 4.35. The number of sulfonamides is 1. The molecule has 2 aromatic rings. The fourth-order valence-electron chi connectivity index (χ4n) is 1.73. The number of nitrogens with one attached hydrogen (secondary N) is 1. The highest BCUT2D eigenvalue weighted by atomic mass is 32.2. The van der Waals surface area contributed by atoms with E-state index in [2.05, 4.69) is 9.71 Å². The van der Waals surface area contributed by atoms with Gasteiger partial charge >= 0.3 is 0 Å². The maximum absolute atomic E-state index is 12.2. The highest BCUT2D eigenvalue weighted by Gasteiger charge is 2.19. The summed E-state index contributed by atoms with van der Waals surface area (Å²) in [4.78, 5) is 3.86. The van der Waals surface area contributed by atoms with E-state index in [1.54, 1.807) is 16.7 Å². The first kappa shape index (κ1) is 14.4. The molecule has 1 aromatic carbocycles. The number of phenols is 1. The van der Waals surface area contributed by atoms with Crippen molar-refractivity contribution < 1.29 is 13.5 Å². The standard InChI is InChI=1S/C13H17N3O3S/c1-3-10-5-6-12(17)11(7-10)15-20(18,19)13-8-16(4-2)9-14-13/h5-9,15,17H,3-4H2,1-2H3. The number of phenolic OH excluding ortho intramolecular Hbond substituents is 1. The lowest BCUT2D eigenvalue weighted by atomic mass is 10.1. The number of nitrogens with zero attached hydrogens (tertiary/aromatic N) is 2. The molecule has 0 spiro atoms. The quantitative estimate of drug-likeness (QED) is 0.826. The average Bonchev–Trinajstić information content (AvgIpc) is 2.91. The fourth-order valence-corrected chi connectivity index (χ4v) is 2.75. The summed E-state index contributed by atoms with van der Waals surface area (Å²) in [7, 11) is -3.79. The predicted octanol–water partition coefficient (Wildman–Crippen LogP) is 1.97. The lowest BCUT2D eigenvalue weighted by Gasteiger charge is -2.09. The Hall–Kier alpha value is -2.02. The van der Waals surface area contributed by atoms with Crippen LogP contribution in [0.25, 0.3) is 0 Å². The summed E-state index contributed by atoms with van der Waals surface area (Å²) in [5.74, 6) is -0.110. The molecule has 0 amide bonds. The molecule has 108 valence electrons. The third-order valence-corrected chi connectivity index (χ3v) is 4.21. The third kappa shape index (κ3) is 2.93. The summed E-state index contributed by atoms with van der Waals surface area (Å²) in [6.07, 6.45) is 3.65. The molecule has 2 N–H and O–H groups in total. The normalized spacial score (nSPS) is 11.5. The number of aromatic nitrogens is 2. The van der Waals surface area contributed by atoms with Crippen LogP contribution in [0.2, 0.25) is 0 Å². The van der Waals surface area contributed by atoms with Gasteiger partial charge in [0.05, 0.1) is 12.0 Å². The topological polar surface area (TPSA) is 84.2 Å². The number of hydrogen-bond donors (Lipinski definition) is 2. The molecule has 1 aromatic heterocycles. The van der Waals surface area contributed by atoms with Gasteiger partial charge < -0.3 is 9.67 Å². The van der Waals surface area contributed by atoms with Crippen LogP contribution >= 0.6 is 0 Å². The first-order chi connectivity index (χ1) is 9.46. The molecule has 0 fully saturated rings. The zero-order valence-electron chi connectivity index (χ0n) is 11.4. The van der Waals surface area contributed by atoms with Gasteiger partial charge in [-0.25, -0.2) is 4.98 Å². The molecule has 0 atom stereocenters. The van der Waals surface area contributed by atoms with E-state index in [0.717, 1.165) is 12.0 Å². The first-order valence-corrected chi connectivity index (χ1v) is 7.81. The maximum atomic E-state index is 12.2. The predicted molar refractivity (Wildman–Crippen MR) is 76.2 cm³/mol. The van der Waals surface area contributed by atoms with E-state index in [9.17, 15) is 13.5 Å². The van der Waals surface area contributed by atoms with Crippen LogP contribution in [-0.4, -0.2) is 23.1 Å². The van der Waals surface area contributed by atoms with Gasteiger partial charge in [-0.3, -0.25) is 4.72 Å². The monoisotopic (exact) mass is 295 g/mol. The molecular formula is C13H17N3O3S. The molecule has 20 heavy (non-hydrogen) atoms. The Bertz CT molecular complexity index is 707. The zero-order valence-corrected chi connectivity index (χ0v) is 12.2. The van der Waals surface area contributed by atoms with Gasteiger partial charge in [0.25, 0.3) is 10.0 Å². The molecule has 1 heterocycles. The van der Waals surface area contributed by atoms with Crippen LogP contribution in [-0.2, 0) is 23.0 Å². The summed E-state index contributed by atoms with van der Waals surface area (Å²) in [6.45, 7) is 4.48. The summed E-state index contributed by atoms with van der Waals surface area (Å²) >= 11 is 0. The van der Waals surface area contributed by atoms with Crippen LogP contribution < -0.4 is 4.72 Å². The van der Waals surface area contributed by atoms with E-state index in [1.807, 2.05) is 13.8 Å². The van der Waals surface area contributed by atoms with Gasteiger partial charge in [0.15, 0.2) is 5.03 Å². The molecule has 0 radical (unpaired) electrons. The van der Waals surface area contributed by atoms with E-state index in [1.165, 1.54) is 18.6 Å². The van der Waals surface area contributed by atoms with Crippen LogP contribution in [0.15, 0.2) is 35.7 Å². The van der Waals surface area contributed by atoms with Crippen molar-refractivity contribution in [3.63, 3.8) is 0 Å². The number of aromatic hydroxyl groups is 1. The van der Waals surface area contributed by atoms with Gasteiger partial charge in [-0.1, -0.05) is 13.0 Å². The van der Waals surface area contributed by atoms with Gasteiger partial charge in [-0.15, -0.1) is 0 Å². The number of hydrogen-bond acceptors (Lipinski definition) is 4. The molecule has 0 unspecified atom stereocenters. The van der Waals surface area contributed by atoms with Crippen molar-refractivity contribution in [2.24, 2.45) is 0 Å². The fraction of sp³-hybridized carbons (Fsp3) is 0.308. The van der Waals surface area contributed by atoms with Crippen molar-refractivity contribution in [2.45, 2.75) is 31.8 Å². The summed E-state index contributed by atoms with van der Waals surface area (Å²) in [5.41, 5.74) is 1.09. The van der Waals surface area contributed by atoms with Crippen molar-refractivity contribution in [2.75, 3.05) is 4.72 Å². The van der Waals surface area contributed by atoms with E-state index < -0.39 is 10.0 Å². The zero-order chi connectivity index (χ0) is 14.8. The van der Waals surface area contributed by atoms with Crippen molar-refractivity contribution in [1.82, 2.24) is 9.55 Å². The van der Waals surface area contributed by atoms with Gasteiger partial charge in [0, 0.05) is 12.7 Å². The molecule has 0 saturated heterocycles. The van der Waals surface area contributed by atoms with E-state index in [4.69, 9.17) is 0 Å². The van der Waals surface area contributed by atoms with Crippen LogP contribution in [0.3, 0.4) is 0 Å². The lowest BCUT2D eigenvalue weighted by Crippen LogP contribution is -2.13. The number of imidazole rings is 1. The van der Waals surface area contributed by atoms with Crippen LogP contribution in [0.4, 0.5) is 5.69 Å². The number of aryl methyl sites for hydroxylation is 2. The molecule has 7 heteroatoms. The van der Waals surface area contributed by atoms with Crippen LogP contribution in [0.1, 0.15) is 19.4 Å². The Balaban J connectivity index is 2.32. The van der Waals surface area contributed by atoms with E-state index in [-0.39, 0.29) is 16.5 Å². The largest absolute Gasteiger partial charge is 0.506 e. The van der Waals surface area contributed by atoms with Gasteiger partial charge in [0.2, 0.25) is 0 Å². The molecule has 0 aliphatic rings. The second kappa shape index (κ2) is 5.54. The second-order valence-corrected chi connectivity index (χ2v) is 5.98. The van der Waals surface area contributed by atoms with Crippen molar-refractivity contribution >= 4 is 15.7 Å². The van der Waals surface area contributed by atoms with Crippen molar-refractivity contribution in [3.05, 3.63) is 36.3 Å². The molecule has 0 aliphatic carbocycles. The Labute approximate surface area is 118 Å². The minimum atomic E-state index is -3.79. The minimum absolute atomic E-state index is 0.0688. The summed E-state index contributed by atoms with van der Waals surface area (Å²) in [6, 6.07) is 4.84. The SMILES string of the molecule is CCc1ccc(O)c(NS(=O)(=O)c2cn(CC)cn2)c1. The smallest absolute Gasteiger partial charge is 0.281 e. The molecule has 2 rings (SSSR count). The molecule has 0 aliphatic heterocycles. The Morgan fingerprint density at radius 2 is 2.10 bits per heavy atom. The Kier molecular flexibility index (Phi) is 3.99. The Morgan fingerprint density at radius 1 is 1.35 bits per heavy atom. The van der Waals surface area contributed by atoms with Crippen molar-refractivity contribution in [3.8, 4) is 5.75 Å². The van der Waals surface area contributed by atoms with Gasteiger partial charge in [0.1, 0.15) is 5.75 Å². The highest BCUT2D eigenvalue weighted by molar-refractivity contribution is 7.92. The average molecular weight is 295 g/mol. The molecule has 6 nitrogen and oxygen atoms in total. The van der Waals surface area contributed by atoms with E-state index in [0.29, 0.717) is 6.54 Å². The first-order valence-electron chi connectivity index (χ1n) is 6.32. The third-order valence-electron chi connectivity index (χ3n) is 2.96. The summed E-state index contributed by atoms with van der Waals surface area (Å²) in [5, 5.41) is 9.67. The lowest BCUT2D eigenvalue weighted by molar-refractivity contribution is 0.477. The van der Waals surface area contributed by atoms with E-state index >= 15 is 0 Å². The van der Waals surface area contributed by atoms with Crippen LogP contribution in [0, 0.1) is 0 Å². The van der Waals surface area contributed by atoms with Crippen LogP contribution in [0.5, 0.6) is 5.75 Å². The summed E-state index contributed by atoms with van der Waals surface area (Å²) < 4.78 is 28.4. The molecular weight excluding hydrogens is 278 g/mol. The van der Waals surface area contributed by atoms with Crippen molar-refractivity contribution in [1.29, 1.82) is 0 Å². The number of anilines is 1. The maximum Gasteiger partial charge on any atom is 0.281 e. The molecule has 0 bridgehead atoms.